The van der Waals surface area contributed by atoms with Gasteiger partial charge in [0.25, 0.3) is 0 Å². The fourth-order valence-electron chi connectivity index (χ4n) is 3.66. The fourth-order valence-corrected chi connectivity index (χ4v) is 3.66. The van der Waals surface area contributed by atoms with Crippen molar-refractivity contribution in [3.63, 3.8) is 0 Å². The number of hydrogen-bond donors (Lipinski definition) is 2. The predicted molar refractivity (Wildman–Crippen MR) is 96.0 cm³/mol. The van der Waals surface area contributed by atoms with E-state index in [1.807, 2.05) is 0 Å². The van der Waals surface area contributed by atoms with Crippen molar-refractivity contribution in [1.29, 1.82) is 0 Å². The van der Waals surface area contributed by atoms with Crippen molar-refractivity contribution >= 4 is 23.4 Å². The Hall–Kier alpha value is -2.85. The maximum atomic E-state index is 12.9. The summed E-state index contributed by atoms with van der Waals surface area (Å²) in [6, 6.07) is 1.09. The Balaban J connectivity index is 1.38. The number of nitrogens with one attached hydrogen (secondary N) is 2. The molecule has 28 heavy (non-hydrogen) atoms. The molecule has 2 aliphatic rings. The maximum Gasteiger partial charge on any atom is 0.433 e. The Morgan fingerprint density at radius 2 is 2.07 bits per heavy atom. The lowest BCUT2D eigenvalue weighted by Gasteiger charge is -2.36. The van der Waals surface area contributed by atoms with Gasteiger partial charge in [-0.2, -0.15) is 23.3 Å². The number of alkyl halides is 3. The van der Waals surface area contributed by atoms with E-state index in [4.69, 9.17) is 0 Å². The van der Waals surface area contributed by atoms with Gasteiger partial charge in [0.2, 0.25) is 11.9 Å². The van der Waals surface area contributed by atoms with Crippen LogP contribution in [0.25, 0.3) is 0 Å². The molecule has 8 nitrogen and oxygen atoms in total. The molecule has 150 valence electrons. The number of halogens is 3. The zero-order valence-corrected chi connectivity index (χ0v) is 15.4. The maximum absolute atomic E-state index is 12.9. The first-order valence-electron chi connectivity index (χ1n) is 8.96. The highest BCUT2D eigenvalue weighted by atomic mass is 19.4. The van der Waals surface area contributed by atoms with E-state index >= 15 is 0 Å². The van der Waals surface area contributed by atoms with E-state index in [-0.39, 0.29) is 31.0 Å². The summed E-state index contributed by atoms with van der Waals surface area (Å²) in [7, 11) is 1.79. The molecule has 0 aromatic carbocycles. The van der Waals surface area contributed by atoms with E-state index in [9.17, 15) is 18.0 Å². The number of aromatic nitrogens is 4. The number of likely N-dealkylation sites (N-methyl/N-ethyl adjacent to an activating group) is 1. The van der Waals surface area contributed by atoms with Crippen LogP contribution in [-0.2, 0) is 17.5 Å². The highest BCUT2D eigenvalue weighted by Gasteiger charge is 2.37. The van der Waals surface area contributed by atoms with Crippen molar-refractivity contribution in [3.05, 3.63) is 23.7 Å². The lowest BCUT2D eigenvalue weighted by Crippen LogP contribution is -2.40. The molecule has 1 fully saturated rings. The molecule has 11 heteroatoms. The molecule has 0 spiro atoms. The van der Waals surface area contributed by atoms with Crippen molar-refractivity contribution in [2.24, 2.45) is 5.92 Å². The summed E-state index contributed by atoms with van der Waals surface area (Å²) in [5, 5.41) is 9.82. The largest absolute Gasteiger partial charge is 0.433 e. The first kappa shape index (κ1) is 18.5. The van der Waals surface area contributed by atoms with Crippen molar-refractivity contribution in [2.75, 3.05) is 29.1 Å². The van der Waals surface area contributed by atoms with E-state index in [0.717, 1.165) is 10.7 Å². The average Bonchev–Trinajstić information content (AvgIpc) is 3.02. The van der Waals surface area contributed by atoms with E-state index in [0.29, 0.717) is 36.0 Å². The highest BCUT2D eigenvalue weighted by molar-refractivity contribution is 6.00. The molecule has 0 saturated heterocycles. The van der Waals surface area contributed by atoms with Gasteiger partial charge in [0.05, 0.1) is 12.2 Å². The highest BCUT2D eigenvalue weighted by Crippen LogP contribution is 2.35. The number of nitrogens with zero attached hydrogens (tertiary/aromatic N) is 5. The molecular formula is C17H20F3N7O. The van der Waals surface area contributed by atoms with Gasteiger partial charge in [-0.3, -0.25) is 9.48 Å². The van der Waals surface area contributed by atoms with Crippen LogP contribution >= 0.6 is 0 Å². The van der Waals surface area contributed by atoms with Crippen LogP contribution in [0.5, 0.6) is 0 Å². The number of rotatable bonds is 4. The molecule has 1 aliphatic heterocycles. The molecule has 0 bridgehead atoms. The van der Waals surface area contributed by atoms with E-state index < -0.39 is 11.9 Å². The Bertz CT molecular complexity index is 905. The van der Waals surface area contributed by atoms with Gasteiger partial charge in [0, 0.05) is 25.8 Å². The van der Waals surface area contributed by atoms with Crippen LogP contribution in [0.4, 0.5) is 30.6 Å². The summed E-state index contributed by atoms with van der Waals surface area (Å²) in [5.74, 6) is 1.11. The molecule has 0 radical (unpaired) electrons. The predicted octanol–water partition coefficient (Wildman–Crippen LogP) is 2.28. The standard InChI is InChI=1S/C17H20F3N7O/c1-9-14-15(26(2)8-13(28)24-14)25-16(22-9)23-11-5-10(6-11)7-27-12(3-4-21-27)17(18,19)20/h3-4,10-11H,5-8H2,1-2H3,(H,24,28)(H,22,23,25). The summed E-state index contributed by atoms with van der Waals surface area (Å²) in [5.41, 5.74) is 0.548. The number of fused-ring (bicyclic) bond motifs is 1. The van der Waals surface area contributed by atoms with Gasteiger partial charge < -0.3 is 15.5 Å². The van der Waals surface area contributed by atoms with Crippen LogP contribution in [0.15, 0.2) is 12.3 Å². The Morgan fingerprint density at radius 1 is 1.32 bits per heavy atom. The summed E-state index contributed by atoms with van der Waals surface area (Å²) >= 11 is 0. The minimum absolute atomic E-state index is 0.0934. The molecule has 4 rings (SSSR count). The number of aryl methyl sites for hydroxylation is 1. The average molecular weight is 395 g/mol. The lowest BCUT2D eigenvalue weighted by molar-refractivity contribution is -0.144. The van der Waals surface area contributed by atoms with Crippen LogP contribution < -0.4 is 15.5 Å². The van der Waals surface area contributed by atoms with Crippen molar-refractivity contribution in [3.8, 4) is 0 Å². The molecule has 2 N–H and O–H groups in total. The molecular weight excluding hydrogens is 375 g/mol. The fraction of sp³-hybridized carbons (Fsp3) is 0.529. The van der Waals surface area contributed by atoms with Crippen LogP contribution in [-0.4, -0.2) is 45.3 Å². The normalized spacial score (nSPS) is 21.8. The van der Waals surface area contributed by atoms with Crippen LogP contribution in [0, 0.1) is 12.8 Å². The first-order chi connectivity index (χ1) is 13.2. The molecule has 0 unspecified atom stereocenters. The van der Waals surface area contributed by atoms with Gasteiger partial charge in [0.1, 0.15) is 11.4 Å². The second kappa shape index (κ2) is 6.64. The van der Waals surface area contributed by atoms with Crippen LogP contribution in [0.1, 0.15) is 24.2 Å². The zero-order chi connectivity index (χ0) is 20.1. The number of carbonyl (C=O) groups is 1. The molecule has 1 aliphatic carbocycles. The van der Waals surface area contributed by atoms with E-state index in [1.54, 1.807) is 18.9 Å². The molecule has 3 heterocycles. The van der Waals surface area contributed by atoms with Crippen molar-refractivity contribution in [1.82, 2.24) is 19.7 Å². The summed E-state index contributed by atoms with van der Waals surface area (Å²) in [6.07, 6.45) is -1.80. The quantitative estimate of drug-likeness (QED) is 0.826. The minimum Gasteiger partial charge on any atom is -0.351 e. The third-order valence-corrected chi connectivity index (χ3v) is 5.08. The molecule has 0 atom stereocenters. The van der Waals surface area contributed by atoms with E-state index in [2.05, 4.69) is 25.7 Å². The second-order valence-electron chi connectivity index (χ2n) is 7.31. The molecule has 1 amide bonds. The number of carbonyl (C=O) groups excluding carboxylic acids is 1. The minimum atomic E-state index is -4.39. The smallest absolute Gasteiger partial charge is 0.351 e. The van der Waals surface area contributed by atoms with Crippen LogP contribution in [0.2, 0.25) is 0 Å². The Labute approximate surface area is 159 Å². The first-order valence-corrected chi connectivity index (χ1v) is 8.96. The van der Waals surface area contributed by atoms with Gasteiger partial charge in [0.15, 0.2) is 5.82 Å². The summed E-state index contributed by atoms with van der Waals surface area (Å²) < 4.78 is 39.8. The zero-order valence-electron chi connectivity index (χ0n) is 15.4. The Morgan fingerprint density at radius 3 is 2.79 bits per heavy atom. The van der Waals surface area contributed by atoms with Crippen molar-refractivity contribution in [2.45, 2.75) is 38.5 Å². The van der Waals surface area contributed by atoms with Gasteiger partial charge >= 0.3 is 6.18 Å². The van der Waals surface area contributed by atoms with Gasteiger partial charge in [-0.25, -0.2) is 4.98 Å². The van der Waals surface area contributed by atoms with E-state index in [1.165, 1.54) is 6.20 Å². The van der Waals surface area contributed by atoms with Crippen molar-refractivity contribution < 1.29 is 18.0 Å². The molecule has 2 aromatic rings. The van der Waals surface area contributed by atoms with Crippen LogP contribution in [0.3, 0.4) is 0 Å². The number of amides is 1. The van der Waals surface area contributed by atoms with Gasteiger partial charge in [-0.15, -0.1) is 0 Å². The lowest BCUT2D eigenvalue weighted by atomic mass is 9.80. The van der Waals surface area contributed by atoms with Gasteiger partial charge in [-0.1, -0.05) is 0 Å². The summed E-state index contributed by atoms with van der Waals surface area (Å²) in [4.78, 5) is 22.3. The number of anilines is 3. The Kier molecular flexibility index (Phi) is 4.39. The monoisotopic (exact) mass is 395 g/mol. The molecule has 2 aromatic heterocycles. The van der Waals surface area contributed by atoms with Gasteiger partial charge in [-0.05, 0) is 31.7 Å². The number of hydrogen-bond acceptors (Lipinski definition) is 6. The summed E-state index contributed by atoms with van der Waals surface area (Å²) in [6.45, 7) is 2.25. The molecule has 1 saturated carbocycles. The second-order valence-corrected chi connectivity index (χ2v) is 7.31. The SMILES string of the molecule is Cc1nc(NC2CC(Cn3nccc3C(F)(F)F)C2)nc2c1NC(=O)CN2C. The third-order valence-electron chi connectivity index (χ3n) is 5.08. The third kappa shape index (κ3) is 3.48. The topological polar surface area (TPSA) is 88.0 Å².